The summed E-state index contributed by atoms with van der Waals surface area (Å²) in [5.41, 5.74) is 11.8. The van der Waals surface area contributed by atoms with E-state index in [1.54, 1.807) is 19.5 Å². The largest absolute Gasteiger partial charge is 0.480 e. The number of nitrogen functional groups attached to an aromatic ring is 1. The van der Waals surface area contributed by atoms with Gasteiger partial charge in [0.15, 0.2) is 0 Å². The molecule has 3 aromatic heterocycles. The molecule has 2 N–H and O–H groups in total. The maximum atomic E-state index is 5.74. The Balaban J connectivity index is 1.72. The number of nitrogens with two attached hydrogens (primary N) is 1. The third-order valence-electron chi connectivity index (χ3n) is 5.21. The van der Waals surface area contributed by atoms with Gasteiger partial charge in [0.1, 0.15) is 11.5 Å². The third kappa shape index (κ3) is 2.79. The average Bonchev–Trinajstić information content (AvgIpc) is 3.10. The first kappa shape index (κ1) is 17.2. The molecule has 7 nitrogen and oxygen atoms in total. The van der Waals surface area contributed by atoms with Gasteiger partial charge in [-0.25, -0.2) is 9.97 Å². The minimum Gasteiger partial charge on any atom is -0.480 e. The quantitative estimate of drug-likeness (QED) is 0.575. The fourth-order valence-corrected chi connectivity index (χ4v) is 3.79. The van der Waals surface area contributed by atoms with E-state index in [4.69, 9.17) is 10.5 Å². The summed E-state index contributed by atoms with van der Waals surface area (Å²) in [5.74, 6) is 1.10. The van der Waals surface area contributed by atoms with Crippen LogP contribution in [0.4, 0.5) is 22.9 Å². The van der Waals surface area contributed by atoms with E-state index < -0.39 is 0 Å². The summed E-state index contributed by atoms with van der Waals surface area (Å²) < 4.78 is 5.52. The number of fused-ring (bicyclic) bond motifs is 3. The molecule has 7 heteroatoms. The lowest BCUT2D eigenvalue weighted by molar-refractivity contribution is 0.398. The van der Waals surface area contributed by atoms with Crippen molar-refractivity contribution in [3.63, 3.8) is 0 Å². The maximum absolute atomic E-state index is 5.74. The van der Waals surface area contributed by atoms with Gasteiger partial charge in [-0.15, -0.1) is 0 Å². The molecule has 0 atom stereocenters. The lowest BCUT2D eigenvalue weighted by Crippen LogP contribution is -2.24. The Morgan fingerprint density at radius 2 is 1.83 bits per heavy atom. The summed E-state index contributed by atoms with van der Waals surface area (Å²) in [6.07, 6.45) is 5.45. The van der Waals surface area contributed by atoms with Crippen molar-refractivity contribution >= 4 is 33.8 Å². The van der Waals surface area contributed by atoms with Gasteiger partial charge in [0, 0.05) is 30.4 Å². The molecule has 0 bridgehead atoms. The van der Waals surface area contributed by atoms with Crippen LogP contribution < -0.4 is 20.3 Å². The van der Waals surface area contributed by atoms with Crippen LogP contribution in [0.15, 0.2) is 61.1 Å². The second kappa shape index (κ2) is 6.63. The van der Waals surface area contributed by atoms with Crippen LogP contribution in [0.3, 0.4) is 0 Å². The van der Waals surface area contributed by atoms with E-state index >= 15 is 0 Å². The number of methoxy groups -OCH3 is 1. The maximum Gasteiger partial charge on any atom is 0.237 e. The fourth-order valence-electron chi connectivity index (χ4n) is 3.79. The predicted molar refractivity (Wildman–Crippen MR) is 116 cm³/mol. The molecular weight excluding hydrogens is 364 g/mol. The van der Waals surface area contributed by atoms with Gasteiger partial charge in [-0.2, -0.15) is 0 Å². The van der Waals surface area contributed by atoms with Crippen LogP contribution in [-0.4, -0.2) is 35.8 Å². The first-order valence-corrected chi connectivity index (χ1v) is 9.28. The Morgan fingerprint density at radius 1 is 0.966 bits per heavy atom. The number of anilines is 4. The van der Waals surface area contributed by atoms with Crippen molar-refractivity contribution in [3.8, 4) is 17.0 Å². The number of hydrogen-bond donors (Lipinski definition) is 1. The molecule has 1 aliphatic heterocycles. The minimum absolute atomic E-state index is 0.508. The third-order valence-corrected chi connectivity index (χ3v) is 5.21. The molecular formula is C22H20N6O. The van der Waals surface area contributed by atoms with Crippen LogP contribution in [0, 0.1) is 0 Å². The second-order valence-corrected chi connectivity index (χ2v) is 6.99. The Morgan fingerprint density at radius 3 is 2.62 bits per heavy atom. The van der Waals surface area contributed by atoms with E-state index in [-0.39, 0.29) is 0 Å². The highest BCUT2D eigenvalue weighted by atomic mass is 16.5. The van der Waals surface area contributed by atoms with Gasteiger partial charge in [0.25, 0.3) is 0 Å². The van der Waals surface area contributed by atoms with Crippen molar-refractivity contribution in [2.75, 3.05) is 36.4 Å². The summed E-state index contributed by atoms with van der Waals surface area (Å²) in [7, 11) is 3.70. The van der Waals surface area contributed by atoms with E-state index in [0.29, 0.717) is 18.4 Å². The average molecular weight is 384 g/mol. The molecule has 144 valence electrons. The Kier molecular flexibility index (Phi) is 3.94. The van der Waals surface area contributed by atoms with Crippen molar-refractivity contribution in [1.82, 2.24) is 15.0 Å². The van der Waals surface area contributed by atoms with Crippen molar-refractivity contribution in [1.29, 1.82) is 0 Å². The number of nitrogens with zero attached hydrogens (tertiary/aromatic N) is 5. The smallest absolute Gasteiger partial charge is 0.237 e. The molecule has 29 heavy (non-hydrogen) atoms. The van der Waals surface area contributed by atoms with Gasteiger partial charge in [-0.1, -0.05) is 6.07 Å². The first-order chi connectivity index (χ1) is 14.2. The summed E-state index contributed by atoms with van der Waals surface area (Å²) in [4.78, 5) is 17.7. The van der Waals surface area contributed by atoms with Crippen molar-refractivity contribution in [2.24, 2.45) is 0 Å². The number of hydrogen-bond acceptors (Lipinski definition) is 7. The van der Waals surface area contributed by atoms with Crippen LogP contribution in [0.25, 0.3) is 22.0 Å². The zero-order chi connectivity index (χ0) is 20.0. The van der Waals surface area contributed by atoms with Crippen LogP contribution in [0.2, 0.25) is 0 Å². The second-order valence-electron chi connectivity index (χ2n) is 6.99. The van der Waals surface area contributed by atoms with Gasteiger partial charge >= 0.3 is 0 Å². The number of aromatic nitrogens is 3. The number of pyridine rings is 3. The highest BCUT2D eigenvalue weighted by molar-refractivity contribution is 6.04. The Labute approximate surface area is 168 Å². The molecule has 0 spiro atoms. The lowest BCUT2D eigenvalue weighted by atomic mass is 10.0. The number of benzene rings is 1. The summed E-state index contributed by atoms with van der Waals surface area (Å²) in [5, 5.41) is 1.06. The molecule has 0 saturated carbocycles. The molecule has 5 rings (SSSR count). The number of rotatable bonds is 3. The molecule has 4 aromatic rings. The van der Waals surface area contributed by atoms with E-state index in [1.807, 2.05) is 36.5 Å². The van der Waals surface area contributed by atoms with Crippen LogP contribution in [0.1, 0.15) is 0 Å². The molecule has 0 aliphatic carbocycles. The SMILES string of the molecule is COc1ncccc1N1CN(C)c2cnc3ccc(-c4ccc(N)nc4)cc3c21. The molecule has 1 aliphatic rings. The number of ether oxygens (including phenoxy) is 1. The van der Waals surface area contributed by atoms with E-state index in [0.717, 1.165) is 39.1 Å². The topological polar surface area (TPSA) is 80.4 Å². The van der Waals surface area contributed by atoms with Crippen LogP contribution >= 0.6 is 0 Å². The predicted octanol–water partition coefficient (Wildman–Crippen LogP) is 3.83. The monoisotopic (exact) mass is 384 g/mol. The summed E-state index contributed by atoms with van der Waals surface area (Å²) in [6.45, 7) is 0.686. The van der Waals surface area contributed by atoms with Crippen molar-refractivity contribution in [3.05, 3.63) is 61.1 Å². The van der Waals surface area contributed by atoms with Crippen molar-refractivity contribution < 1.29 is 4.74 Å². The first-order valence-electron chi connectivity index (χ1n) is 9.28. The molecule has 4 heterocycles. The van der Waals surface area contributed by atoms with E-state index in [9.17, 15) is 0 Å². The fraction of sp³-hybridized carbons (Fsp3) is 0.136. The molecule has 0 fully saturated rings. The molecule has 0 amide bonds. The van der Waals surface area contributed by atoms with E-state index in [1.165, 1.54) is 0 Å². The zero-order valence-corrected chi connectivity index (χ0v) is 16.2. The van der Waals surface area contributed by atoms with Crippen LogP contribution in [0.5, 0.6) is 5.88 Å². The zero-order valence-electron chi connectivity index (χ0n) is 16.2. The highest BCUT2D eigenvalue weighted by Gasteiger charge is 2.29. The van der Waals surface area contributed by atoms with Crippen LogP contribution in [-0.2, 0) is 0 Å². The standard InChI is InChI=1S/C22H20N6O/c1-27-13-28(18-4-3-9-24-22(18)29-2)21-16-10-14(15-6-8-20(23)26-11-15)5-7-17(16)25-12-19(21)27/h3-12H,13H2,1-2H3,(H2,23,26). The Hall–Kier alpha value is -3.87. The summed E-state index contributed by atoms with van der Waals surface area (Å²) >= 11 is 0. The van der Waals surface area contributed by atoms with Gasteiger partial charge < -0.3 is 20.3 Å². The van der Waals surface area contributed by atoms with Gasteiger partial charge in [0.2, 0.25) is 5.88 Å². The summed E-state index contributed by atoms with van der Waals surface area (Å²) in [6, 6.07) is 14.0. The van der Waals surface area contributed by atoms with Gasteiger partial charge in [0.05, 0.1) is 36.9 Å². The normalized spacial score (nSPS) is 13.0. The Bertz CT molecular complexity index is 1210. The molecule has 0 radical (unpaired) electrons. The lowest BCUT2D eigenvalue weighted by Gasteiger charge is -2.22. The minimum atomic E-state index is 0.508. The van der Waals surface area contributed by atoms with Gasteiger partial charge in [-0.05, 0) is 42.0 Å². The molecule has 0 unspecified atom stereocenters. The van der Waals surface area contributed by atoms with E-state index in [2.05, 4.69) is 43.9 Å². The molecule has 0 saturated heterocycles. The van der Waals surface area contributed by atoms with Crippen molar-refractivity contribution in [2.45, 2.75) is 0 Å². The highest BCUT2D eigenvalue weighted by Crippen LogP contribution is 2.46. The molecule has 1 aromatic carbocycles. The van der Waals surface area contributed by atoms with Gasteiger partial charge in [-0.3, -0.25) is 4.98 Å².